The number of benzene rings is 1. The predicted molar refractivity (Wildman–Crippen MR) is 95.0 cm³/mol. The predicted octanol–water partition coefficient (Wildman–Crippen LogP) is 3.72. The van der Waals surface area contributed by atoms with Crippen LogP contribution in [-0.2, 0) is 0 Å². The van der Waals surface area contributed by atoms with Gasteiger partial charge in [-0.25, -0.2) is 4.98 Å². The number of aromatic amines is 1. The molecule has 0 radical (unpaired) electrons. The molecular weight excluding hydrogens is 340 g/mol. The number of thiophene rings is 1. The Hall–Kier alpha value is -3.39. The zero-order valence-electron chi connectivity index (χ0n) is 12.8. The summed E-state index contributed by atoms with van der Waals surface area (Å²) in [5.41, 5.74) is 1.62. The van der Waals surface area contributed by atoms with Gasteiger partial charge in [-0.15, -0.1) is 11.3 Å². The summed E-state index contributed by atoms with van der Waals surface area (Å²) in [4.78, 5) is 32.0. The highest BCUT2D eigenvalue weighted by atomic mass is 32.1. The number of aromatic nitrogens is 2. The number of amides is 2. The monoisotopic (exact) mass is 352 g/mol. The van der Waals surface area contributed by atoms with E-state index in [1.807, 2.05) is 24.3 Å². The van der Waals surface area contributed by atoms with Crippen LogP contribution < -0.4 is 10.6 Å². The van der Waals surface area contributed by atoms with E-state index in [-0.39, 0.29) is 17.6 Å². The lowest BCUT2D eigenvalue weighted by Gasteiger charge is -1.99. The van der Waals surface area contributed by atoms with Gasteiger partial charge in [0.15, 0.2) is 5.76 Å². The van der Waals surface area contributed by atoms with Gasteiger partial charge in [0.25, 0.3) is 11.8 Å². The molecule has 2 amide bonds. The van der Waals surface area contributed by atoms with Crippen LogP contribution in [0, 0.1) is 0 Å². The fourth-order valence-corrected chi connectivity index (χ4v) is 3.09. The van der Waals surface area contributed by atoms with Gasteiger partial charge >= 0.3 is 0 Å². The van der Waals surface area contributed by atoms with Crippen LogP contribution in [0.4, 0.5) is 10.9 Å². The number of furan rings is 1. The number of nitrogens with one attached hydrogen (secondary N) is 3. The van der Waals surface area contributed by atoms with Crippen LogP contribution in [-0.4, -0.2) is 21.8 Å². The Bertz CT molecular complexity index is 1020. The molecule has 3 heterocycles. The van der Waals surface area contributed by atoms with Crippen molar-refractivity contribution in [2.24, 2.45) is 0 Å². The molecule has 4 aromatic rings. The number of hydrogen-bond donors (Lipinski definition) is 3. The van der Waals surface area contributed by atoms with E-state index in [2.05, 4.69) is 20.6 Å². The molecule has 4 rings (SSSR count). The smallest absolute Gasteiger partial charge is 0.291 e. The number of H-pyrrole nitrogens is 1. The zero-order valence-corrected chi connectivity index (χ0v) is 13.6. The molecule has 25 heavy (non-hydrogen) atoms. The third-order valence-electron chi connectivity index (χ3n) is 3.43. The minimum atomic E-state index is -0.365. The highest BCUT2D eigenvalue weighted by Crippen LogP contribution is 2.24. The number of hydrogen-bond acceptors (Lipinski definition) is 5. The highest BCUT2D eigenvalue weighted by Gasteiger charge is 2.14. The second kappa shape index (κ2) is 6.25. The van der Waals surface area contributed by atoms with E-state index in [4.69, 9.17) is 4.42 Å². The number of nitrogens with zero attached hydrogens (tertiary/aromatic N) is 1. The molecule has 0 aliphatic heterocycles. The Morgan fingerprint density at radius 2 is 1.88 bits per heavy atom. The number of anilines is 2. The molecule has 7 nitrogen and oxygen atoms in total. The molecule has 3 N–H and O–H groups in total. The van der Waals surface area contributed by atoms with E-state index in [1.54, 1.807) is 24.3 Å². The molecule has 0 atom stereocenters. The normalized spacial score (nSPS) is 10.7. The van der Waals surface area contributed by atoms with Crippen molar-refractivity contribution in [1.29, 1.82) is 0 Å². The number of fused-ring (bicyclic) bond motifs is 1. The Morgan fingerprint density at radius 1 is 1.00 bits per heavy atom. The standard InChI is InChI=1S/C17H12N4O3S/c22-15(12-6-3-9-24-12)20-14-8-7-13(25-14)16(23)21-17-18-10-4-1-2-5-11(10)19-17/h1-9H,(H,20,22)(H2,18,19,21,23). The lowest BCUT2D eigenvalue weighted by atomic mass is 10.3. The Labute approximate surface area is 145 Å². The summed E-state index contributed by atoms with van der Waals surface area (Å²) in [7, 11) is 0. The van der Waals surface area contributed by atoms with Crippen LogP contribution in [0.25, 0.3) is 11.0 Å². The molecule has 0 saturated heterocycles. The molecule has 8 heteroatoms. The van der Waals surface area contributed by atoms with E-state index in [9.17, 15) is 9.59 Å². The van der Waals surface area contributed by atoms with Crippen molar-refractivity contribution >= 4 is 45.1 Å². The third-order valence-corrected chi connectivity index (χ3v) is 4.43. The van der Waals surface area contributed by atoms with E-state index >= 15 is 0 Å². The molecule has 0 saturated carbocycles. The lowest BCUT2D eigenvalue weighted by molar-refractivity contribution is 0.0995. The fourth-order valence-electron chi connectivity index (χ4n) is 2.29. The lowest BCUT2D eigenvalue weighted by Crippen LogP contribution is -2.11. The number of carbonyl (C=O) groups excluding carboxylic acids is 2. The molecule has 0 aliphatic rings. The highest BCUT2D eigenvalue weighted by molar-refractivity contribution is 7.18. The van der Waals surface area contributed by atoms with Crippen molar-refractivity contribution in [1.82, 2.24) is 9.97 Å². The Balaban J connectivity index is 1.45. The van der Waals surface area contributed by atoms with Crippen LogP contribution in [0.2, 0.25) is 0 Å². The molecule has 0 fully saturated rings. The average molecular weight is 352 g/mol. The summed E-state index contributed by atoms with van der Waals surface area (Å²) in [5.74, 6) is -0.0823. The largest absolute Gasteiger partial charge is 0.459 e. The van der Waals surface area contributed by atoms with Crippen LogP contribution in [0.15, 0.2) is 59.2 Å². The van der Waals surface area contributed by atoms with Gasteiger partial charge in [0.05, 0.1) is 27.2 Å². The third kappa shape index (κ3) is 3.15. The van der Waals surface area contributed by atoms with Crippen molar-refractivity contribution in [2.45, 2.75) is 0 Å². The summed E-state index contributed by atoms with van der Waals surface area (Å²) in [6.07, 6.45) is 1.43. The van der Waals surface area contributed by atoms with Crippen molar-refractivity contribution in [3.05, 3.63) is 65.4 Å². The van der Waals surface area contributed by atoms with Gasteiger partial charge in [0, 0.05) is 0 Å². The maximum atomic E-state index is 12.3. The van der Waals surface area contributed by atoms with Gasteiger partial charge in [-0.2, -0.15) is 0 Å². The van der Waals surface area contributed by atoms with Gasteiger partial charge in [0.2, 0.25) is 5.95 Å². The summed E-state index contributed by atoms with van der Waals surface area (Å²) < 4.78 is 5.03. The molecule has 3 aromatic heterocycles. The fraction of sp³-hybridized carbons (Fsp3) is 0. The van der Waals surface area contributed by atoms with Crippen LogP contribution >= 0.6 is 11.3 Å². The molecule has 0 aliphatic carbocycles. The quantitative estimate of drug-likeness (QED) is 0.521. The van der Waals surface area contributed by atoms with Crippen molar-refractivity contribution < 1.29 is 14.0 Å². The van der Waals surface area contributed by atoms with Crippen LogP contribution in [0.3, 0.4) is 0 Å². The van der Waals surface area contributed by atoms with Gasteiger partial charge in [-0.05, 0) is 36.4 Å². The van der Waals surface area contributed by atoms with E-state index < -0.39 is 0 Å². The molecule has 0 spiro atoms. The maximum Gasteiger partial charge on any atom is 0.291 e. The summed E-state index contributed by atoms with van der Waals surface area (Å²) in [5, 5.41) is 5.95. The van der Waals surface area contributed by atoms with Gasteiger partial charge in [0.1, 0.15) is 0 Å². The number of imidazole rings is 1. The van der Waals surface area contributed by atoms with Gasteiger partial charge < -0.3 is 14.7 Å². The van der Waals surface area contributed by atoms with Crippen LogP contribution in [0.5, 0.6) is 0 Å². The topological polar surface area (TPSA) is 100 Å². The molecule has 124 valence electrons. The molecule has 0 bridgehead atoms. The minimum Gasteiger partial charge on any atom is -0.459 e. The van der Waals surface area contributed by atoms with Gasteiger partial charge in [-0.1, -0.05) is 12.1 Å². The first-order chi connectivity index (χ1) is 12.2. The molecule has 0 unspecified atom stereocenters. The Kier molecular flexibility index (Phi) is 3.79. The first-order valence-electron chi connectivity index (χ1n) is 7.40. The van der Waals surface area contributed by atoms with Crippen molar-refractivity contribution in [3.8, 4) is 0 Å². The number of carbonyl (C=O) groups is 2. The Morgan fingerprint density at radius 3 is 2.68 bits per heavy atom. The summed E-state index contributed by atoms with van der Waals surface area (Å²) in [6, 6.07) is 14.0. The average Bonchev–Trinajstić information content (AvgIpc) is 3.34. The SMILES string of the molecule is O=C(Nc1ccc(C(=O)Nc2nc3ccccc3[nH]2)s1)c1ccco1. The number of rotatable bonds is 4. The zero-order chi connectivity index (χ0) is 17.2. The maximum absolute atomic E-state index is 12.3. The van der Waals surface area contributed by atoms with Crippen molar-refractivity contribution in [3.63, 3.8) is 0 Å². The first-order valence-corrected chi connectivity index (χ1v) is 8.21. The first kappa shape index (κ1) is 15.2. The second-order valence-corrected chi connectivity index (χ2v) is 6.24. The van der Waals surface area contributed by atoms with Gasteiger partial charge in [-0.3, -0.25) is 14.9 Å². The summed E-state index contributed by atoms with van der Waals surface area (Å²) in [6.45, 7) is 0. The van der Waals surface area contributed by atoms with Crippen molar-refractivity contribution in [2.75, 3.05) is 10.6 Å². The summed E-state index contributed by atoms with van der Waals surface area (Å²) >= 11 is 1.17. The second-order valence-electron chi connectivity index (χ2n) is 5.15. The van der Waals surface area contributed by atoms with Crippen LogP contribution in [0.1, 0.15) is 20.2 Å². The number of para-hydroxylation sites is 2. The molecule has 1 aromatic carbocycles. The van der Waals surface area contributed by atoms with E-state index in [0.717, 1.165) is 11.0 Å². The van der Waals surface area contributed by atoms with E-state index in [0.29, 0.717) is 15.8 Å². The molecular formula is C17H12N4O3S. The minimum absolute atomic E-state index is 0.210. The van der Waals surface area contributed by atoms with E-state index in [1.165, 1.54) is 17.6 Å².